The van der Waals surface area contributed by atoms with Crippen LogP contribution in [-0.2, 0) is 0 Å². The first-order valence-corrected chi connectivity index (χ1v) is 7.47. The van der Waals surface area contributed by atoms with E-state index in [4.69, 9.17) is 0 Å². The molecule has 1 fully saturated rings. The Morgan fingerprint density at radius 3 is 3.00 bits per heavy atom. The maximum Gasteiger partial charge on any atom is 0.292 e. The summed E-state index contributed by atoms with van der Waals surface area (Å²) in [5.74, 6) is 0.628. The Kier molecular flexibility index (Phi) is 4.63. The molecule has 1 saturated carbocycles. The molecule has 0 aliphatic heterocycles. The van der Waals surface area contributed by atoms with Crippen molar-refractivity contribution in [2.45, 2.75) is 37.5 Å². The number of halogens is 1. The minimum atomic E-state index is -0.477. The summed E-state index contributed by atoms with van der Waals surface area (Å²) < 4.78 is 13.2. The van der Waals surface area contributed by atoms with Gasteiger partial charge in [0.25, 0.3) is 5.69 Å². The molecule has 19 heavy (non-hydrogen) atoms. The lowest BCUT2D eigenvalue weighted by molar-refractivity contribution is -0.384. The predicted octanol–water partition coefficient (Wildman–Crippen LogP) is 3.82. The van der Waals surface area contributed by atoms with E-state index in [1.165, 1.54) is 12.1 Å². The van der Waals surface area contributed by atoms with Gasteiger partial charge >= 0.3 is 0 Å². The number of nitrogens with zero attached hydrogens (tertiary/aromatic N) is 1. The molecule has 0 radical (unpaired) electrons. The highest BCUT2D eigenvalue weighted by molar-refractivity contribution is 7.99. The summed E-state index contributed by atoms with van der Waals surface area (Å²) in [6.45, 7) is 2.13. The fourth-order valence-corrected chi connectivity index (χ4v) is 3.60. The van der Waals surface area contributed by atoms with Gasteiger partial charge in [0, 0.05) is 23.4 Å². The average molecular weight is 284 g/mol. The van der Waals surface area contributed by atoms with Crippen LogP contribution in [-0.4, -0.2) is 22.0 Å². The summed E-state index contributed by atoms with van der Waals surface area (Å²) in [7, 11) is 0. The van der Waals surface area contributed by atoms with Crippen molar-refractivity contribution in [3.8, 4) is 0 Å². The summed E-state index contributed by atoms with van der Waals surface area (Å²) in [5.41, 5.74) is 0.227. The van der Waals surface area contributed by atoms with Gasteiger partial charge in [-0.25, -0.2) is 4.39 Å². The Labute approximate surface area is 115 Å². The molecule has 0 amide bonds. The van der Waals surface area contributed by atoms with Gasteiger partial charge in [-0.2, -0.15) is 11.8 Å². The predicted molar refractivity (Wildman–Crippen MR) is 76.2 cm³/mol. The van der Waals surface area contributed by atoms with Gasteiger partial charge in [0.2, 0.25) is 0 Å². The maximum absolute atomic E-state index is 13.2. The molecule has 1 aromatic carbocycles. The monoisotopic (exact) mass is 284 g/mol. The van der Waals surface area contributed by atoms with Crippen LogP contribution < -0.4 is 5.32 Å². The highest BCUT2D eigenvalue weighted by Gasteiger charge is 2.26. The van der Waals surface area contributed by atoms with Crippen molar-refractivity contribution in [2.24, 2.45) is 0 Å². The number of hydrogen-bond donors (Lipinski definition) is 1. The van der Waals surface area contributed by atoms with E-state index in [2.05, 4.69) is 12.2 Å². The Hall–Kier alpha value is -1.30. The molecule has 1 N–H and O–H groups in total. The molecule has 0 saturated heterocycles. The van der Waals surface area contributed by atoms with E-state index in [0.717, 1.165) is 31.1 Å². The molecule has 0 aromatic heterocycles. The van der Waals surface area contributed by atoms with Crippen molar-refractivity contribution in [1.29, 1.82) is 0 Å². The second kappa shape index (κ2) is 6.23. The second-order valence-corrected chi connectivity index (χ2v) is 6.23. The molecule has 2 rings (SSSR count). The Morgan fingerprint density at radius 1 is 1.53 bits per heavy atom. The smallest absolute Gasteiger partial charge is 0.292 e. The zero-order valence-corrected chi connectivity index (χ0v) is 11.6. The molecule has 0 heterocycles. The van der Waals surface area contributed by atoms with Gasteiger partial charge in [0.1, 0.15) is 11.5 Å². The molecule has 6 heteroatoms. The Balaban J connectivity index is 2.07. The van der Waals surface area contributed by atoms with Gasteiger partial charge in [-0.1, -0.05) is 6.92 Å². The van der Waals surface area contributed by atoms with Gasteiger partial charge in [-0.05, 0) is 31.1 Å². The number of nitro benzene ring substituents is 1. The van der Waals surface area contributed by atoms with Crippen molar-refractivity contribution in [3.63, 3.8) is 0 Å². The lowest BCUT2D eigenvalue weighted by Crippen LogP contribution is -2.17. The Morgan fingerprint density at radius 2 is 2.32 bits per heavy atom. The first kappa shape index (κ1) is 14.1. The van der Waals surface area contributed by atoms with E-state index in [-0.39, 0.29) is 17.4 Å². The van der Waals surface area contributed by atoms with Crippen LogP contribution in [0.15, 0.2) is 18.2 Å². The van der Waals surface area contributed by atoms with Crippen molar-refractivity contribution in [1.82, 2.24) is 0 Å². The van der Waals surface area contributed by atoms with Crippen LogP contribution in [0.3, 0.4) is 0 Å². The quantitative estimate of drug-likeness (QED) is 0.659. The summed E-state index contributed by atoms with van der Waals surface area (Å²) in [4.78, 5) is 10.4. The molecule has 2 atom stereocenters. The van der Waals surface area contributed by atoms with Crippen LogP contribution in [0.5, 0.6) is 0 Å². The maximum atomic E-state index is 13.2. The van der Waals surface area contributed by atoms with Crippen molar-refractivity contribution in [2.75, 3.05) is 11.1 Å². The van der Waals surface area contributed by atoms with E-state index in [1.54, 1.807) is 0 Å². The van der Waals surface area contributed by atoms with Crippen LogP contribution in [0.25, 0.3) is 0 Å². The largest absolute Gasteiger partial charge is 0.377 e. The third-order valence-electron chi connectivity index (χ3n) is 3.30. The number of nitrogens with one attached hydrogen (secondary N) is 1. The Bertz CT molecular complexity index is 470. The van der Waals surface area contributed by atoms with E-state index < -0.39 is 10.7 Å². The number of benzene rings is 1. The number of hydrogen-bond acceptors (Lipinski definition) is 4. The zero-order chi connectivity index (χ0) is 13.8. The molecule has 2 unspecified atom stereocenters. The molecule has 4 nitrogen and oxygen atoms in total. The molecule has 104 valence electrons. The van der Waals surface area contributed by atoms with Gasteiger partial charge in [-0.15, -0.1) is 0 Å². The van der Waals surface area contributed by atoms with Crippen molar-refractivity contribution < 1.29 is 9.31 Å². The first-order valence-electron chi connectivity index (χ1n) is 6.42. The lowest BCUT2D eigenvalue weighted by Gasteiger charge is -2.14. The standard InChI is InChI=1S/C13H17FN2O2S/c1-2-19-11-5-4-10(8-11)15-12-7-9(14)3-6-13(12)16(17)18/h3,6-7,10-11,15H,2,4-5,8H2,1H3. The summed E-state index contributed by atoms with van der Waals surface area (Å²) in [5, 5.41) is 14.6. The minimum Gasteiger partial charge on any atom is -0.377 e. The van der Waals surface area contributed by atoms with Gasteiger partial charge < -0.3 is 5.32 Å². The van der Waals surface area contributed by atoms with Gasteiger partial charge in [-0.3, -0.25) is 10.1 Å². The van der Waals surface area contributed by atoms with Crippen LogP contribution >= 0.6 is 11.8 Å². The van der Waals surface area contributed by atoms with Gasteiger partial charge in [0.15, 0.2) is 0 Å². The molecular formula is C13H17FN2O2S. The van der Waals surface area contributed by atoms with Crippen LogP contribution in [0.1, 0.15) is 26.2 Å². The normalized spacial score (nSPS) is 22.4. The average Bonchev–Trinajstić information content (AvgIpc) is 2.77. The minimum absolute atomic E-state index is 0.0620. The van der Waals surface area contributed by atoms with Crippen LogP contribution in [0.4, 0.5) is 15.8 Å². The molecule has 0 spiro atoms. The number of nitro groups is 1. The van der Waals surface area contributed by atoms with Crippen LogP contribution in [0, 0.1) is 15.9 Å². The van der Waals surface area contributed by atoms with Crippen molar-refractivity contribution in [3.05, 3.63) is 34.1 Å². The highest BCUT2D eigenvalue weighted by atomic mass is 32.2. The van der Waals surface area contributed by atoms with E-state index in [0.29, 0.717) is 5.25 Å². The van der Waals surface area contributed by atoms with Crippen LogP contribution in [0.2, 0.25) is 0 Å². The lowest BCUT2D eigenvalue weighted by atomic mass is 10.2. The molecule has 1 aliphatic rings. The molecule has 1 aromatic rings. The van der Waals surface area contributed by atoms with E-state index >= 15 is 0 Å². The fraction of sp³-hybridized carbons (Fsp3) is 0.538. The number of rotatable bonds is 5. The summed E-state index contributed by atoms with van der Waals surface area (Å²) >= 11 is 1.92. The second-order valence-electron chi connectivity index (χ2n) is 4.65. The van der Waals surface area contributed by atoms with E-state index in [1.807, 2.05) is 11.8 Å². The third-order valence-corrected chi connectivity index (χ3v) is 4.53. The number of thioether (sulfide) groups is 1. The molecule has 0 bridgehead atoms. The summed E-state index contributed by atoms with van der Waals surface area (Å²) in [6, 6.07) is 3.74. The first-order chi connectivity index (χ1) is 9.10. The van der Waals surface area contributed by atoms with Crippen molar-refractivity contribution >= 4 is 23.1 Å². The molecule has 1 aliphatic carbocycles. The SMILES string of the molecule is CCSC1CCC(Nc2cc(F)ccc2[N+](=O)[O-])C1. The topological polar surface area (TPSA) is 55.2 Å². The zero-order valence-electron chi connectivity index (χ0n) is 10.8. The number of anilines is 1. The fourth-order valence-electron chi connectivity index (χ4n) is 2.46. The molecular weight excluding hydrogens is 267 g/mol. The highest BCUT2D eigenvalue weighted by Crippen LogP contribution is 2.33. The summed E-state index contributed by atoms with van der Waals surface area (Å²) in [6.07, 6.45) is 3.07. The van der Waals surface area contributed by atoms with Gasteiger partial charge in [0.05, 0.1) is 4.92 Å². The van der Waals surface area contributed by atoms with E-state index in [9.17, 15) is 14.5 Å². The third kappa shape index (κ3) is 3.59.